The zero-order valence-corrected chi connectivity index (χ0v) is 14.5. The molecule has 4 nitrogen and oxygen atoms in total. The summed E-state index contributed by atoms with van der Waals surface area (Å²) in [6, 6.07) is 5.20. The summed E-state index contributed by atoms with van der Waals surface area (Å²) in [6.07, 6.45) is 0. The normalized spacial score (nSPS) is 11.4. The Balaban J connectivity index is 2.67. The molecule has 0 fully saturated rings. The molecule has 20 heavy (non-hydrogen) atoms. The van der Waals surface area contributed by atoms with Crippen molar-refractivity contribution in [3.05, 3.63) is 27.3 Å². The first-order valence-corrected chi connectivity index (χ1v) is 8.06. The van der Waals surface area contributed by atoms with Gasteiger partial charge < -0.3 is 14.3 Å². The Morgan fingerprint density at radius 2 is 1.85 bits per heavy atom. The molecule has 0 aliphatic rings. The first kappa shape index (κ1) is 17.2. The molecule has 0 radical (unpaired) electrons. The number of halogens is 1. The molecule has 1 aromatic carbocycles. The minimum Gasteiger partial charge on any atom is -0.488 e. The van der Waals surface area contributed by atoms with E-state index in [-0.39, 0.29) is 0 Å². The van der Waals surface area contributed by atoms with Crippen LogP contribution in [-0.4, -0.2) is 48.3 Å². The van der Waals surface area contributed by atoms with Crippen molar-refractivity contribution >= 4 is 28.6 Å². The fourth-order valence-electron chi connectivity index (χ4n) is 2.26. The summed E-state index contributed by atoms with van der Waals surface area (Å²) in [5.74, 6) is -0.287. The van der Waals surface area contributed by atoms with E-state index < -0.39 is 5.97 Å². The molecule has 0 atom stereocenters. The lowest BCUT2D eigenvalue weighted by molar-refractivity contribution is -0.923. The van der Waals surface area contributed by atoms with E-state index in [0.29, 0.717) is 17.9 Å². The van der Waals surface area contributed by atoms with E-state index in [9.17, 15) is 4.79 Å². The quantitative estimate of drug-likeness (QED) is 0.546. The largest absolute Gasteiger partial charge is 0.488 e. The third-order valence-corrected chi connectivity index (χ3v) is 4.96. The molecule has 0 unspecified atom stereocenters. The molecule has 0 spiro atoms. The number of carboxylic acid groups (broad SMARTS) is 1. The lowest BCUT2D eigenvalue weighted by Gasteiger charge is -2.35. The highest BCUT2D eigenvalue weighted by atomic mass is 127. The van der Waals surface area contributed by atoms with E-state index in [4.69, 9.17) is 9.84 Å². The molecule has 0 saturated heterocycles. The maximum atomic E-state index is 11.1. The summed E-state index contributed by atoms with van der Waals surface area (Å²) in [5, 5.41) is 9.10. The van der Waals surface area contributed by atoms with Crippen molar-refractivity contribution in [2.75, 3.05) is 32.8 Å². The lowest BCUT2D eigenvalue weighted by atomic mass is 10.2. The first-order chi connectivity index (χ1) is 9.48. The minimum atomic E-state index is -0.916. The van der Waals surface area contributed by atoms with E-state index in [1.807, 2.05) is 28.7 Å². The zero-order valence-electron chi connectivity index (χ0n) is 12.4. The molecule has 1 N–H and O–H groups in total. The molecule has 1 aromatic rings. The smallest absolute Gasteiger partial charge is 0.336 e. The average molecular weight is 392 g/mol. The predicted molar refractivity (Wildman–Crippen MR) is 88.4 cm³/mol. The second-order valence-electron chi connectivity index (χ2n) is 4.81. The van der Waals surface area contributed by atoms with Crippen molar-refractivity contribution < 1.29 is 19.1 Å². The Morgan fingerprint density at radius 1 is 1.25 bits per heavy atom. The maximum absolute atomic E-state index is 11.1. The van der Waals surface area contributed by atoms with Crippen LogP contribution in [0.25, 0.3) is 0 Å². The molecule has 0 heterocycles. The third kappa shape index (κ3) is 4.34. The number of aromatic carboxylic acids is 1. The fraction of sp³-hybridized carbons (Fsp3) is 0.533. The molecule has 0 aliphatic carbocycles. The third-order valence-electron chi connectivity index (χ3n) is 4.02. The summed E-state index contributed by atoms with van der Waals surface area (Å²) in [6.45, 7) is 11.4. The Kier molecular flexibility index (Phi) is 6.75. The van der Waals surface area contributed by atoms with Gasteiger partial charge >= 0.3 is 5.97 Å². The number of carbonyl (C=O) groups is 1. The average Bonchev–Trinajstić information content (AvgIpc) is 2.45. The molecule has 0 amide bonds. The van der Waals surface area contributed by atoms with Gasteiger partial charge in [-0.25, -0.2) is 4.79 Å². The van der Waals surface area contributed by atoms with Crippen molar-refractivity contribution in [2.24, 2.45) is 0 Å². The van der Waals surface area contributed by atoms with Crippen LogP contribution >= 0.6 is 22.6 Å². The van der Waals surface area contributed by atoms with Crippen LogP contribution in [0.1, 0.15) is 31.1 Å². The number of quaternary nitrogens is 1. The van der Waals surface area contributed by atoms with E-state index in [2.05, 4.69) is 20.8 Å². The number of benzene rings is 1. The molecule has 5 heteroatoms. The van der Waals surface area contributed by atoms with Crippen molar-refractivity contribution in [2.45, 2.75) is 20.8 Å². The Labute approximate surface area is 134 Å². The highest BCUT2D eigenvalue weighted by molar-refractivity contribution is 14.1. The van der Waals surface area contributed by atoms with Crippen molar-refractivity contribution in [1.82, 2.24) is 0 Å². The molecule has 1 rings (SSSR count). The Morgan fingerprint density at radius 3 is 2.35 bits per heavy atom. The van der Waals surface area contributed by atoms with Crippen LogP contribution in [0.15, 0.2) is 18.2 Å². The molecular weight excluding hydrogens is 369 g/mol. The summed E-state index contributed by atoms with van der Waals surface area (Å²) in [7, 11) is 0. The van der Waals surface area contributed by atoms with E-state index in [0.717, 1.165) is 34.2 Å². The monoisotopic (exact) mass is 392 g/mol. The molecule has 112 valence electrons. The van der Waals surface area contributed by atoms with Crippen LogP contribution in [0.4, 0.5) is 0 Å². The van der Waals surface area contributed by atoms with Crippen LogP contribution in [0.5, 0.6) is 5.75 Å². The van der Waals surface area contributed by atoms with Crippen LogP contribution in [0.3, 0.4) is 0 Å². The number of rotatable bonds is 8. The summed E-state index contributed by atoms with van der Waals surface area (Å²) in [4.78, 5) is 11.1. The molecule has 0 aromatic heterocycles. The van der Waals surface area contributed by atoms with Crippen LogP contribution in [0, 0.1) is 3.57 Å². The van der Waals surface area contributed by atoms with Gasteiger partial charge in [0.1, 0.15) is 18.9 Å². The standard InChI is InChI=1S/C15H22INO3/c1-4-17(5-2,6-3)9-10-20-12-7-8-14(16)13(11-12)15(18)19/h7-8,11H,4-6,9-10H2,1-3H3/p+1. The van der Waals surface area contributed by atoms with Crippen molar-refractivity contribution in [3.63, 3.8) is 0 Å². The number of carboxylic acids is 1. The van der Waals surface area contributed by atoms with Gasteiger partial charge in [-0.05, 0) is 61.6 Å². The lowest BCUT2D eigenvalue weighted by Crippen LogP contribution is -2.49. The van der Waals surface area contributed by atoms with Gasteiger partial charge in [0.15, 0.2) is 0 Å². The van der Waals surface area contributed by atoms with Gasteiger partial charge in [-0.15, -0.1) is 0 Å². The van der Waals surface area contributed by atoms with Gasteiger partial charge in [-0.3, -0.25) is 0 Å². The van der Waals surface area contributed by atoms with Crippen LogP contribution in [-0.2, 0) is 0 Å². The van der Waals surface area contributed by atoms with Crippen LogP contribution < -0.4 is 4.74 Å². The Hall–Kier alpha value is -0.820. The van der Waals surface area contributed by atoms with Gasteiger partial charge in [0, 0.05) is 3.57 Å². The predicted octanol–water partition coefficient (Wildman–Crippen LogP) is 3.24. The number of hydrogen-bond donors (Lipinski definition) is 1. The second kappa shape index (κ2) is 7.83. The Bertz CT molecular complexity index is 450. The van der Waals surface area contributed by atoms with E-state index in [1.165, 1.54) is 0 Å². The van der Waals surface area contributed by atoms with Crippen molar-refractivity contribution in [3.8, 4) is 5.75 Å². The van der Waals surface area contributed by atoms with E-state index in [1.54, 1.807) is 12.1 Å². The van der Waals surface area contributed by atoms with Gasteiger partial charge in [-0.2, -0.15) is 0 Å². The van der Waals surface area contributed by atoms with E-state index >= 15 is 0 Å². The molecule has 0 aliphatic heterocycles. The summed E-state index contributed by atoms with van der Waals surface area (Å²) < 4.78 is 7.48. The molecule has 0 saturated carbocycles. The first-order valence-electron chi connectivity index (χ1n) is 6.98. The van der Waals surface area contributed by atoms with Gasteiger partial charge in [0.05, 0.1) is 25.2 Å². The SMILES string of the molecule is CC[N+](CC)(CC)CCOc1ccc(I)c(C(=O)O)c1. The zero-order chi connectivity index (χ0) is 15.2. The topological polar surface area (TPSA) is 46.5 Å². The molecule has 0 bridgehead atoms. The molecular formula is C15H23INO3+. The van der Waals surface area contributed by atoms with Gasteiger partial charge in [0.25, 0.3) is 0 Å². The fourth-order valence-corrected chi connectivity index (χ4v) is 2.83. The maximum Gasteiger partial charge on any atom is 0.336 e. The number of hydrogen-bond acceptors (Lipinski definition) is 2. The number of likely N-dealkylation sites (N-methyl/N-ethyl adjacent to an activating group) is 1. The summed E-state index contributed by atoms with van der Waals surface area (Å²) in [5.41, 5.74) is 0.297. The van der Waals surface area contributed by atoms with Crippen LogP contribution in [0.2, 0.25) is 0 Å². The number of ether oxygens (including phenoxy) is 1. The van der Waals surface area contributed by atoms with Gasteiger partial charge in [0.2, 0.25) is 0 Å². The van der Waals surface area contributed by atoms with Crippen molar-refractivity contribution in [1.29, 1.82) is 0 Å². The van der Waals surface area contributed by atoms with Gasteiger partial charge in [-0.1, -0.05) is 0 Å². The summed E-state index contributed by atoms with van der Waals surface area (Å²) >= 11 is 2.02. The second-order valence-corrected chi connectivity index (χ2v) is 5.97. The highest BCUT2D eigenvalue weighted by Gasteiger charge is 2.20. The minimum absolute atomic E-state index is 0.297. The highest BCUT2D eigenvalue weighted by Crippen LogP contribution is 2.20. The number of nitrogens with zero attached hydrogens (tertiary/aromatic N) is 1.